The van der Waals surface area contributed by atoms with Crippen molar-refractivity contribution in [2.45, 2.75) is 19.9 Å². The highest BCUT2D eigenvalue weighted by Gasteiger charge is 2.17. The number of halogens is 1. The lowest BCUT2D eigenvalue weighted by Crippen LogP contribution is -2.10. The number of nitrogens with zero attached hydrogens (tertiary/aromatic N) is 2. The molecule has 1 aromatic carbocycles. The third-order valence-corrected chi connectivity index (χ3v) is 3.19. The monoisotopic (exact) mass is 291 g/mol. The van der Waals surface area contributed by atoms with Crippen molar-refractivity contribution in [1.29, 1.82) is 0 Å². The summed E-state index contributed by atoms with van der Waals surface area (Å²) in [4.78, 5) is 14.8. The topological polar surface area (TPSA) is 68.1 Å². The summed E-state index contributed by atoms with van der Waals surface area (Å²) < 4.78 is 0. The Morgan fingerprint density at radius 2 is 1.90 bits per heavy atom. The molecule has 0 aliphatic carbocycles. The SMILES string of the molecule is Cc1ccc([N+](=O)[O-])c(NC(C)c2ccc(Cl)cc2)n1. The van der Waals surface area contributed by atoms with E-state index in [9.17, 15) is 10.1 Å². The van der Waals surface area contributed by atoms with Gasteiger partial charge in [-0.3, -0.25) is 10.1 Å². The number of nitrogens with one attached hydrogen (secondary N) is 1. The number of nitro groups is 1. The molecule has 0 saturated carbocycles. The van der Waals surface area contributed by atoms with E-state index in [1.807, 2.05) is 19.1 Å². The van der Waals surface area contributed by atoms with Gasteiger partial charge in [0, 0.05) is 16.8 Å². The first-order valence-corrected chi connectivity index (χ1v) is 6.49. The zero-order valence-corrected chi connectivity index (χ0v) is 11.9. The van der Waals surface area contributed by atoms with Crippen molar-refractivity contribution in [3.05, 3.63) is 62.8 Å². The van der Waals surface area contributed by atoms with Gasteiger partial charge >= 0.3 is 5.69 Å². The molecule has 2 rings (SSSR count). The zero-order valence-electron chi connectivity index (χ0n) is 11.1. The molecule has 0 amide bonds. The minimum atomic E-state index is -0.441. The number of rotatable bonds is 4. The van der Waals surface area contributed by atoms with E-state index < -0.39 is 4.92 Å². The molecule has 0 saturated heterocycles. The average Bonchev–Trinajstić information content (AvgIpc) is 2.39. The Kier molecular flexibility index (Phi) is 4.20. The molecule has 0 aliphatic rings. The molecule has 0 aliphatic heterocycles. The second-order valence-electron chi connectivity index (χ2n) is 4.50. The maximum Gasteiger partial charge on any atom is 0.311 e. The summed E-state index contributed by atoms with van der Waals surface area (Å²) in [7, 11) is 0. The fourth-order valence-electron chi connectivity index (χ4n) is 1.84. The van der Waals surface area contributed by atoms with Crippen LogP contribution in [0.15, 0.2) is 36.4 Å². The van der Waals surface area contributed by atoms with E-state index in [0.717, 1.165) is 11.3 Å². The number of pyridine rings is 1. The summed E-state index contributed by atoms with van der Waals surface area (Å²) in [5, 5.41) is 14.7. The van der Waals surface area contributed by atoms with Crippen molar-refractivity contribution in [3.8, 4) is 0 Å². The maximum absolute atomic E-state index is 11.0. The number of anilines is 1. The molecule has 0 spiro atoms. The van der Waals surface area contributed by atoms with Gasteiger partial charge in [-0.2, -0.15) is 0 Å². The number of aromatic nitrogens is 1. The Balaban J connectivity index is 2.27. The summed E-state index contributed by atoms with van der Waals surface area (Å²) in [5.74, 6) is 0.275. The van der Waals surface area contributed by atoms with Crippen molar-refractivity contribution >= 4 is 23.1 Å². The predicted octanol–water partition coefficient (Wildman–Crippen LogP) is 4.12. The van der Waals surface area contributed by atoms with Crippen LogP contribution in [-0.2, 0) is 0 Å². The largest absolute Gasteiger partial charge is 0.358 e. The summed E-state index contributed by atoms with van der Waals surface area (Å²) in [5.41, 5.74) is 1.67. The first kappa shape index (κ1) is 14.3. The summed E-state index contributed by atoms with van der Waals surface area (Å²) in [6.07, 6.45) is 0. The lowest BCUT2D eigenvalue weighted by atomic mass is 10.1. The normalized spacial score (nSPS) is 11.9. The minimum absolute atomic E-state index is 0.0311. The molecule has 20 heavy (non-hydrogen) atoms. The Bertz CT molecular complexity index is 629. The minimum Gasteiger partial charge on any atom is -0.358 e. The number of benzene rings is 1. The first-order chi connectivity index (χ1) is 9.47. The molecule has 6 heteroatoms. The smallest absolute Gasteiger partial charge is 0.311 e. The standard InChI is InChI=1S/C14H14ClN3O2/c1-9-3-8-13(18(19)20)14(16-9)17-10(2)11-4-6-12(15)7-5-11/h3-8,10H,1-2H3,(H,16,17). The second kappa shape index (κ2) is 5.88. The number of hydrogen-bond donors (Lipinski definition) is 1. The third kappa shape index (κ3) is 3.24. The van der Waals surface area contributed by atoms with Crippen molar-refractivity contribution in [2.24, 2.45) is 0 Å². The van der Waals surface area contributed by atoms with Gasteiger partial charge in [-0.25, -0.2) is 4.98 Å². The highest BCUT2D eigenvalue weighted by Crippen LogP contribution is 2.26. The van der Waals surface area contributed by atoms with Crippen molar-refractivity contribution in [2.75, 3.05) is 5.32 Å². The Morgan fingerprint density at radius 1 is 1.25 bits per heavy atom. The van der Waals surface area contributed by atoms with Gasteiger partial charge in [0.1, 0.15) is 0 Å². The molecule has 2 aromatic rings. The van der Waals surface area contributed by atoms with Gasteiger partial charge in [-0.15, -0.1) is 0 Å². The van der Waals surface area contributed by atoms with Crippen LogP contribution in [0.1, 0.15) is 24.2 Å². The van der Waals surface area contributed by atoms with Crippen molar-refractivity contribution in [3.63, 3.8) is 0 Å². The van der Waals surface area contributed by atoms with Crippen LogP contribution in [0.5, 0.6) is 0 Å². The molecular formula is C14H14ClN3O2. The van der Waals surface area contributed by atoms with Crippen LogP contribution in [0.2, 0.25) is 5.02 Å². The molecule has 1 aromatic heterocycles. The highest BCUT2D eigenvalue weighted by molar-refractivity contribution is 6.30. The van der Waals surface area contributed by atoms with E-state index in [1.165, 1.54) is 6.07 Å². The van der Waals surface area contributed by atoms with Crippen molar-refractivity contribution < 1.29 is 4.92 Å². The molecule has 0 fully saturated rings. The Labute approximate surface area is 121 Å². The molecule has 104 valence electrons. The Hall–Kier alpha value is -2.14. The zero-order chi connectivity index (χ0) is 14.7. The van der Waals surface area contributed by atoms with Gasteiger partial charge in [0.15, 0.2) is 0 Å². The summed E-state index contributed by atoms with van der Waals surface area (Å²) >= 11 is 5.84. The molecule has 5 nitrogen and oxygen atoms in total. The average molecular weight is 292 g/mol. The van der Waals surface area contributed by atoms with Crippen LogP contribution in [-0.4, -0.2) is 9.91 Å². The van der Waals surface area contributed by atoms with E-state index >= 15 is 0 Å². The lowest BCUT2D eigenvalue weighted by molar-refractivity contribution is -0.384. The van der Waals surface area contributed by atoms with Gasteiger partial charge in [0.25, 0.3) is 0 Å². The van der Waals surface area contributed by atoms with E-state index in [2.05, 4.69) is 10.3 Å². The van der Waals surface area contributed by atoms with Crippen LogP contribution in [0.3, 0.4) is 0 Å². The molecule has 1 unspecified atom stereocenters. The van der Waals surface area contributed by atoms with E-state index in [4.69, 9.17) is 11.6 Å². The molecule has 0 bridgehead atoms. The van der Waals surface area contributed by atoms with Crippen LogP contribution >= 0.6 is 11.6 Å². The molecular weight excluding hydrogens is 278 g/mol. The van der Waals surface area contributed by atoms with Gasteiger partial charge in [0.05, 0.1) is 11.0 Å². The van der Waals surface area contributed by atoms with Crippen molar-refractivity contribution in [1.82, 2.24) is 4.98 Å². The number of hydrogen-bond acceptors (Lipinski definition) is 4. The molecule has 1 heterocycles. The quantitative estimate of drug-likeness (QED) is 0.679. The van der Waals surface area contributed by atoms with Gasteiger partial charge < -0.3 is 5.32 Å². The fraction of sp³-hybridized carbons (Fsp3) is 0.214. The third-order valence-electron chi connectivity index (χ3n) is 2.93. The number of aryl methyl sites for hydroxylation is 1. The van der Waals surface area contributed by atoms with Gasteiger partial charge in [-0.05, 0) is 37.6 Å². The highest BCUT2D eigenvalue weighted by atomic mass is 35.5. The van der Waals surface area contributed by atoms with Crippen LogP contribution in [0.25, 0.3) is 0 Å². The maximum atomic E-state index is 11.0. The summed E-state index contributed by atoms with van der Waals surface area (Å²) in [6.45, 7) is 3.71. The lowest BCUT2D eigenvalue weighted by Gasteiger charge is -2.15. The molecule has 0 radical (unpaired) electrons. The van der Waals surface area contributed by atoms with Crippen LogP contribution in [0.4, 0.5) is 11.5 Å². The first-order valence-electron chi connectivity index (χ1n) is 6.11. The van der Waals surface area contributed by atoms with Gasteiger partial charge in [0.2, 0.25) is 5.82 Å². The van der Waals surface area contributed by atoms with Gasteiger partial charge in [-0.1, -0.05) is 23.7 Å². The van der Waals surface area contributed by atoms with Crippen LogP contribution in [0, 0.1) is 17.0 Å². The Morgan fingerprint density at radius 3 is 2.50 bits per heavy atom. The second-order valence-corrected chi connectivity index (χ2v) is 4.93. The van der Waals surface area contributed by atoms with E-state index in [0.29, 0.717) is 5.02 Å². The summed E-state index contributed by atoms with van der Waals surface area (Å²) in [6, 6.07) is 10.3. The predicted molar refractivity (Wildman–Crippen MR) is 79.1 cm³/mol. The molecule has 1 N–H and O–H groups in total. The van der Waals surface area contributed by atoms with E-state index in [-0.39, 0.29) is 17.5 Å². The van der Waals surface area contributed by atoms with E-state index in [1.54, 1.807) is 25.1 Å². The molecule has 1 atom stereocenters. The van der Waals surface area contributed by atoms with Crippen LogP contribution < -0.4 is 5.32 Å². The fourth-order valence-corrected chi connectivity index (χ4v) is 1.97.